The SMILES string of the molecule is COC1CCC2OCCN(CCC(=O)c3ccc(F)cc3)C2C1. The van der Waals surface area contributed by atoms with Gasteiger partial charge in [0, 0.05) is 38.2 Å². The normalized spacial score (nSPS) is 28.3. The molecule has 0 N–H and O–H groups in total. The lowest BCUT2D eigenvalue weighted by atomic mass is 9.87. The molecule has 2 fully saturated rings. The average Bonchev–Trinajstić information content (AvgIpc) is 2.59. The molecule has 1 aliphatic heterocycles. The number of halogens is 1. The molecule has 0 bridgehead atoms. The van der Waals surface area contributed by atoms with Gasteiger partial charge in [-0.15, -0.1) is 0 Å². The highest BCUT2D eigenvalue weighted by Crippen LogP contribution is 2.30. The summed E-state index contributed by atoms with van der Waals surface area (Å²) in [7, 11) is 1.76. The summed E-state index contributed by atoms with van der Waals surface area (Å²) in [5.41, 5.74) is 0.578. The zero-order valence-corrected chi connectivity index (χ0v) is 13.5. The van der Waals surface area contributed by atoms with E-state index in [2.05, 4.69) is 4.90 Å². The molecule has 0 radical (unpaired) electrons. The second-order valence-electron chi connectivity index (χ2n) is 6.36. The number of ketones is 1. The first-order valence-electron chi connectivity index (χ1n) is 8.34. The lowest BCUT2D eigenvalue weighted by Crippen LogP contribution is -2.55. The van der Waals surface area contributed by atoms with Gasteiger partial charge in [-0.05, 0) is 43.5 Å². The van der Waals surface area contributed by atoms with Gasteiger partial charge in [0.25, 0.3) is 0 Å². The third kappa shape index (κ3) is 3.97. The Morgan fingerprint density at radius 1 is 1.35 bits per heavy atom. The monoisotopic (exact) mass is 321 g/mol. The van der Waals surface area contributed by atoms with Crippen LogP contribution in [0.2, 0.25) is 0 Å². The molecule has 1 aromatic carbocycles. The van der Waals surface area contributed by atoms with Gasteiger partial charge in [0.2, 0.25) is 0 Å². The van der Waals surface area contributed by atoms with Crippen molar-refractivity contribution in [3.8, 4) is 0 Å². The number of morpholine rings is 1. The van der Waals surface area contributed by atoms with Crippen LogP contribution in [0, 0.1) is 5.82 Å². The number of ether oxygens (including phenoxy) is 2. The minimum absolute atomic E-state index is 0.0622. The lowest BCUT2D eigenvalue weighted by Gasteiger charge is -2.45. The Balaban J connectivity index is 1.57. The molecule has 2 aliphatic rings. The van der Waals surface area contributed by atoms with Crippen LogP contribution in [0.15, 0.2) is 24.3 Å². The summed E-state index contributed by atoms with van der Waals surface area (Å²) in [5.74, 6) is -0.252. The molecule has 23 heavy (non-hydrogen) atoms. The van der Waals surface area contributed by atoms with Crippen molar-refractivity contribution in [2.45, 2.75) is 43.9 Å². The Kier molecular flexibility index (Phi) is 5.41. The zero-order chi connectivity index (χ0) is 16.2. The van der Waals surface area contributed by atoms with E-state index in [-0.39, 0.29) is 23.8 Å². The highest BCUT2D eigenvalue weighted by Gasteiger charge is 2.37. The molecule has 3 atom stereocenters. The molecule has 0 amide bonds. The van der Waals surface area contributed by atoms with E-state index in [4.69, 9.17) is 9.47 Å². The smallest absolute Gasteiger partial charge is 0.164 e. The summed E-state index contributed by atoms with van der Waals surface area (Å²) in [5, 5.41) is 0. The Morgan fingerprint density at radius 3 is 2.87 bits per heavy atom. The van der Waals surface area contributed by atoms with Gasteiger partial charge >= 0.3 is 0 Å². The van der Waals surface area contributed by atoms with Crippen molar-refractivity contribution in [3.05, 3.63) is 35.6 Å². The van der Waals surface area contributed by atoms with Crippen LogP contribution in [-0.4, -0.2) is 55.7 Å². The van der Waals surface area contributed by atoms with Gasteiger partial charge in [0.15, 0.2) is 5.78 Å². The van der Waals surface area contributed by atoms with Crippen molar-refractivity contribution in [2.75, 3.05) is 26.8 Å². The van der Waals surface area contributed by atoms with Crippen LogP contribution in [0.5, 0.6) is 0 Å². The third-order valence-electron chi connectivity index (χ3n) is 5.01. The Morgan fingerprint density at radius 2 is 2.13 bits per heavy atom. The molecule has 126 valence electrons. The van der Waals surface area contributed by atoms with E-state index in [9.17, 15) is 9.18 Å². The molecule has 1 heterocycles. The number of carbonyl (C=O) groups is 1. The number of carbonyl (C=O) groups excluding carboxylic acids is 1. The number of fused-ring (bicyclic) bond motifs is 1. The van der Waals surface area contributed by atoms with E-state index in [1.165, 1.54) is 12.1 Å². The number of rotatable bonds is 5. The van der Waals surface area contributed by atoms with Crippen LogP contribution in [0.1, 0.15) is 36.0 Å². The van der Waals surface area contributed by atoms with E-state index in [1.807, 2.05) is 0 Å². The molecule has 1 aliphatic carbocycles. The minimum atomic E-state index is -0.314. The summed E-state index contributed by atoms with van der Waals surface area (Å²) >= 11 is 0. The van der Waals surface area contributed by atoms with Crippen molar-refractivity contribution >= 4 is 5.78 Å². The first-order chi connectivity index (χ1) is 11.2. The maximum atomic E-state index is 12.9. The average molecular weight is 321 g/mol. The lowest BCUT2D eigenvalue weighted by molar-refractivity contribution is -0.112. The summed E-state index contributed by atoms with van der Waals surface area (Å²) < 4.78 is 24.3. The summed E-state index contributed by atoms with van der Waals surface area (Å²) in [6, 6.07) is 6.12. The van der Waals surface area contributed by atoms with Crippen LogP contribution >= 0.6 is 0 Å². The van der Waals surface area contributed by atoms with E-state index < -0.39 is 0 Å². The van der Waals surface area contributed by atoms with Gasteiger partial charge in [-0.1, -0.05) is 0 Å². The van der Waals surface area contributed by atoms with E-state index in [0.29, 0.717) is 18.0 Å². The molecule has 0 spiro atoms. The number of nitrogens with zero attached hydrogens (tertiary/aromatic N) is 1. The molecule has 0 aromatic heterocycles. The number of methoxy groups -OCH3 is 1. The van der Waals surface area contributed by atoms with Crippen LogP contribution in [0.3, 0.4) is 0 Å². The fourth-order valence-corrected chi connectivity index (χ4v) is 3.66. The minimum Gasteiger partial charge on any atom is -0.381 e. The molecule has 1 aromatic rings. The maximum absolute atomic E-state index is 12.9. The Bertz CT molecular complexity index is 534. The fourth-order valence-electron chi connectivity index (χ4n) is 3.66. The molecular formula is C18H24FNO3. The van der Waals surface area contributed by atoms with Crippen molar-refractivity contribution in [3.63, 3.8) is 0 Å². The number of Topliss-reactive ketones (excluding diaryl/α,β-unsaturated/α-hetero) is 1. The highest BCUT2D eigenvalue weighted by molar-refractivity contribution is 5.96. The first-order valence-corrected chi connectivity index (χ1v) is 8.34. The fraction of sp³-hybridized carbons (Fsp3) is 0.611. The second-order valence-corrected chi connectivity index (χ2v) is 6.36. The number of hydrogen-bond donors (Lipinski definition) is 0. The van der Waals surface area contributed by atoms with E-state index in [1.54, 1.807) is 19.2 Å². The molecule has 1 saturated carbocycles. The van der Waals surface area contributed by atoms with Crippen molar-refractivity contribution in [1.82, 2.24) is 4.90 Å². The first kappa shape index (κ1) is 16.6. The highest BCUT2D eigenvalue weighted by atomic mass is 19.1. The molecule has 5 heteroatoms. The van der Waals surface area contributed by atoms with E-state index >= 15 is 0 Å². The Labute approximate surface area is 136 Å². The van der Waals surface area contributed by atoms with Crippen molar-refractivity contribution in [2.24, 2.45) is 0 Å². The third-order valence-corrected chi connectivity index (χ3v) is 5.01. The predicted molar refractivity (Wildman–Crippen MR) is 85.1 cm³/mol. The van der Waals surface area contributed by atoms with Gasteiger partial charge < -0.3 is 9.47 Å². The molecule has 3 unspecified atom stereocenters. The standard InChI is InChI=1S/C18H24FNO3/c1-22-15-6-7-18-16(12-15)20(10-11-23-18)9-8-17(21)13-2-4-14(19)5-3-13/h2-5,15-16,18H,6-12H2,1H3. The molecular weight excluding hydrogens is 297 g/mol. The van der Waals surface area contributed by atoms with Gasteiger partial charge in [0.1, 0.15) is 5.82 Å². The quantitative estimate of drug-likeness (QED) is 0.782. The summed E-state index contributed by atoms with van der Waals surface area (Å²) in [4.78, 5) is 14.6. The zero-order valence-electron chi connectivity index (χ0n) is 13.5. The van der Waals surface area contributed by atoms with Crippen LogP contribution in [-0.2, 0) is 9.47 Å². The largest absolute Gasteiger partial charge is 0.381 e. The predicted octanol–water partition coefficient (Wildman–Crippen LogP) is 2.67. The number of hydrogen-bond acceptors (Lipinski definition) is 4. The Hall–Kier alpha value is -1.30. The van der Waals surface area contributed by atoms with E-state index in [0.717, 1.165) is 39.0 Å². The van der Waals surface area contributed by atoms with Crippen LogP contribution in [0.4, 0.5) is 4.39 Å². The maximum Gasteiger partial charge on any atom is 0.164 e. The molecule has 1 saturated heterocycles. The number of benzene rings is 1. The second kappa shape index (κ2) is 7.51. The molecule has 3 rings (SSSR count). The summed E-state index contributed by atoms with van der Waals surface area (Å²) in [6.07, 6.45) is 4.02. The molecule has 4 nitrogen and oxygen atoms in total. The van der Waals surface area contributed by atoms with Crippen LogP contribution in [0.25, 0.3) is 0 Å². The van der Waals surface area contributed by atoms with Crippen molar-refractivity contribution in [1.29, 1.82) is 0 Å². The van der Waals surface area contributed by atoms with Gasteiger partial charge in [-0.25, -0.2) is 4.39 Å². The van der Waals surface area contributed by atoms with Crippen molar-refractivity contribution < 1.29 is 18.7 Å². The van der Waals surface area contributed by atoms with Crippen LogP contribution < -0.4 is 0 Å². The topological polar surface area (TPSA) is 38.8 Å². The van der Waals surface area contributed by atoms with Gasteiger partial charge in [0.05, 0.1) is 18.8 Å². The van der Waals surface area contributed by atoms with Gasteiger partial charge in [-0.2, -0.15) is 0 Å². The summed E-state index contributed by atoms with van der Waals surface area (Å²) in [6.45, 7) is 2.30. The van der Waals surface area contributed by atoms with Gasteiger partial charge in [-0.3, -0.25) is 9.69 Å².